The lowest BCUT2D eigenvalue weighted by molar-refractivity contribution is 0.0920. The van der Waals surface area contributed by atoms with Crippen LogP contribution in [0.1, 0.15) is 36.0 Å². The average molecular weight is 450 g/mol. The highest BCUT2D eigenvalue weighted by Crippen LogP contribution is 2.30. The maximum atomic E-state index is 13.0. The lowest BCUT2D eigenvalue weighted by Gasteiger charge is -2.30. The van der Waals surface area contributed by atoms with Crippen LogP contribution in [0, 0.1) is 0 Å². The van der Waals surface area contributed by atoms with Gasteiger partial charge in [-0.1, -0.05) is 18.2 Å². The third kappa shape index (κ3) is 4.94. The molecule has 0 bridgehead atoms. The molecule has 0 unspecified atom stereocenters. The zero-order chi connectivity index (χ0) is 23.4. The number of carbonyl (C=O) groups is 1. The molecule has 0 atom stereocenters. The van der Waals surface area contributed by atoms with Gasteiger partial charge in [0.15, 0.2) is 0 Å². The van der Waals surface area contributed by atoms with Gasteiger partial charge in [0.2, 0.25) is 5.95 Å². The minimum atomic E-state index is -0.172. The van der Waals surface area contributed by atoms with Crippen LogP contribution in [-0.2, 0) is 0 Å². The van der Waals surface area contributed by atoms with Gasteiger partial charge in [0.1, 0.15) is 22.9 Å². The smallest absolute Gasteiger partial charge is 0.259 e. The number of aromatic nitrogens is 2. The van der Waals surface area contributed by atoms with Crippen molar-refractivity contribution in [2.45, 2.75) is 37.8 Å². The number of hydrogen-bond donors (Lipinski definition) is 2. The molecule has 4 rings (SSSR count). The molecule has 1 aromatic heterocycles. The monoisotopic (exact) mass is 449 g/mol. The standard InChI is InChI=1S/C25H31N5O3/c1-30(2)23-18-8-5-6-9-19(18)28-25(29-23)27-17-14-12-16(13-15-17)26-24(31)22-20(32-3)10-7-11-21(22)33-4/h5-11,16-17H,12-15H2,1-4H3,(H,26,31)(H,27,28,29)/t16-,17+. The zero-order valence-electron chi connectivity index (χ0n) is 19.6. The van der Waals surface area contributed by atoms with Crippen molar-refractivity contribution in [1.29, 1.82) is 0 Å². The summed E-state index contributed by atoms with van der Waals surface area (Å²) in [6.07, 6.45) is 3.58. The van der Waals surface area contributed by atoms with Crippen LogP contribution in [0.2, 0.25) is 0 Å². The van der Waals surface area contributed by atoms with E-state index in [1.165, 1.54) is 0 Å². The van der Waals surface area contributed by atoms with Crippen LogP contribution in [0.25, 0.3) is 10.9 Å². The van der Waals surface area contributed by atoms with E-state index in [0.29, 0.717) is 23.0 Å². The van der Waals surface area contributed by atoms with E-state index in [4.69, 9.17) is 19.4 Å². The second kappa shape index (κ2) is 9.94. The summed E-state index contributed by atoms with van der Waals surface area (Å²) in [5.41, 5.74) is 1.36. The largest absolute Gasteiger partial charge is 0.496 e. The third-order valence-electron chi connectivity index (χ3n) is 6.06. The summed E-state index contributed by atoms with van der Waals surface area (Å²) in [6, 6.07) is 13.7. The molecule has 0 spiro atoms. The molecule has 0 radical (unpaired) electrons. The summed E-state index contributed by atoms with van der Waals surface area (Å²) in [5.74, 6) is 2.38. The van der Waals surface area contributed by atoms with Crippen LogP contribution in [0.5, 0.6) is 11.5 Å². The molecule has 8 heteroatoms. The number of nitrogens with one attached hydrogen (secondary N) is 2. The van der Waals surface area contributed by atoms with Crippen LogP contribution in [0.4, 0.5) is 11.8 Å². The fourth-order valence-corrected chi connectivity index (χ4v) is 4.36. The van der Waals surface area contributed by atoms with Crippen molar-refractivity contribution in [1.82, 2.24) is 15.3 Å². The fourth-order valence-electron chi connectivity index (χ4n) is 4.36. The number of fused-ring (bicyclic) bond motifs is 1. The van der Waals surface area contributed by atoms with E-state index in [1.54, 1.807) is 26.4 Å². The zero-order valence-corrected chi connectivity index (χ0v) is 19.6. The molecule has 33 heavy (non-hydrogen) atoms. The van der Waals surface area contributed by atoms with Gasteiger partial charge in [0.05, 0.1) is 19.7 Å². The molecular weight excluding hydrogens is 418 g/mol. The van der Waals surface area contributed by atoms with E-state index in [0.717, 1.165) is 42.4 Å². The van der Waals surface area contributed by atoms with Crippen molar-refractivity contribution in [2.75, 3.05) is 38.5 Å². The Balaban J connectivity index is 1.40. The highest BCUT2D eigenvalue weighted by atomic mass is 16.5. The number of para-hydroxylation sites is 1. The average Bonchev–Trinajstić information content (AvgIpc) is 2.84. The van der Waals surface area contributed by atoms with Gasteiger partial charge in [-0.05, 0) is 49.9 Å². The van der Waals surface area contributed by atoms with E-state index in [2.05, 4.69) is 10.6 Å². The molecule has 2 aromatic carbocycles. The van der Waals surface area contributed by atoms with Gasteiger partial charge < -0.3 is 25.0 Å². The van der Waals surface area contributed by atoms with Crippen LogP contribution >= 0.6 is 0 Å². The molecule has 0 saturated heterocycles. The summed E-state index contributed by atoms with van der Waals surface area (Å²) in [6.45, 7) is 0. The SMILES string of the molecule is COc1cccc(OC)c1C(=O)N[C@H]1CC[C@@H](Nc2nc(N(C)C)c3ccccc3n2)CC1. The normalized spacial score (nSPS) is 17.9. The Kier molecular flexibility index (Phi) is 6.82. The molecule has 1 aliphatic carbocycles. The first-order valence-corrected chi connectivity index (χ1v) is 11.2. The molecule has 1 heterocycles. The first kappa shape index (κ1) is 22.6. The van der Waals surface area contributed by atoms with E-state index in [9.17, 15) is 4.79 Å². The Bertz CT molecular complexity index is 1100. The van der Waals surface area contributed by atoms with E-state index < -0.39 is 0 Å². The summed E-state index contributed by atoms with van der Waals surface area (Å²) >= 11 is 0. The molecule has 1 fully saturated rings. The van der Waals surface area contributed by atoms with Crippen LogP contribution < -0.4 is 25.0 Å². The summed E-state index contributed by atoms with van der Waals surface area (Å²) < 4.78 is 10.7. The number of ether oxygens (including phenoxy) is 2. The molecule has 1 amide bonds. The van der Waals surface area contributed by atoms with Gasteiger partial charge in [-0.3, -0.25) is 4.79 Å². The van der Waals surface area contributed by atoms with Crippen molar-refractivity contribution in [2.24, 2.45) is 0 Å². The molecule has 2 N–H and O–H groups in total. The number of carbonyl (C=O) groups excluding carboxylic acids is 1. The lowest BCUT2D eigenvalue weighted by Crippen LogP contribution is -2.40. The quantitative estimate of drug-likeness (QED) is 0.566. The first-order valence-electron chi connectivity index (χ1n) is 11.2. The minimum absolute atomic E-state index is 0.0972. The maximum absolute atomic E-state index is 13.0. The third-order valence-corrected chi connectivity index (χ3v) is 6.06. The van der Waals surface area contributed by atoms with Gasteiger partial charge in [0.25, 0.3) is 5.91 Å². The van der Waals surface area contributed by atoms with Gasteiger partial charge in [-0.2, -0.15) is 4.98 Å². The summed E-state index contributed by atoms with van der Waals surface area (Å²) in [7, 11) is 7.09. The predicted molar refractivity (Wildman–Crippen MR) is 131 cm³/mol. The summed E-state index contributed by atoms with van der Waals surface area (Å²) in [5, 5.41) is 7.69. The van der Waals surface area contributed by atoms with Gasteiger partial charge in [-0.25, -0.2) is 4.98 Å². The Morgan fingerprint density at radius 3 is 2.18 bits per heavy atom. The van der Waals surface area contributed by atoms with E-state index in [1.807, 2.05) is 49.3 Å². The molecule has 1 saturated carbocycles. The number of benzene rings is 2. The van der Waals surface area contributed by atoms with Crippen molar-refractivity contribution >= 4 is 28.6 Å². The van der Waals surface area contributed by atoms with Crippen LogP contribution in [0.15, 0.2) is 42.5 Å². The molecule has 1 aliphatic rings. The van der Waals surface area contributed by atoms with Crippen molar-refractivity contribution in [3.8, 4) is 11.5 Å². The van der Waals surface area contributed by atoms with Gasteiger partial charge in [-0.15, -0.1) is 0 Å². The summed E-state index contributed by atoms with van der Waals surface area (Å²) in [4.78, 5) is 24.4. The molecule has 174 valence electrons. The number of hydrogen-bond acceptors (Lipinski definition) is 7. The Labute approximate surface area is 194 Å². The number of amides is 1. The van der Waals surface area contributed by atoms with Crippen LogP contribution in [0.3, 0.4) is 0 Å². The van der Waals surface area contributed by atoms with Gasteiger partial charge >= 0.3 is 0 Å². The van der Waals surface area contributed by atoms with Crippen molar-refractivity contribution < 1.29 is 14.3 Å². The number of anilines is 2. The number of rotatable bonds is 7. The highest BCUT2D eigenvalue weighted by molar-refractivity contribution is 6.00. The van der Waals surface area contributed by atoms with Crippen LogP contribution in [-0.4, -0.2) is 56.3 Å². The molecule has 3 aromatic rings. The van der Waals surface area contributed by atoms with Crippen molar-refractivity contribution in [3.63, 3.8) is 0 Å². The lowest BCUT2D eigenvalue weighted by atomic mass is 9.91. The van der Waals surface area contributed by atoms with E-state index >= 15 is 0 Å². The molecule has 0 aliphatic heterocycles. The fraction of sp³-hybridized carbons (Fsp3) is 0.400. The topological polar surface area (TPSA) is 88.6 Å². The Hall–Kier alpha value is -3.55. The van der Waals surface area contributed by atoms with E-state index in [-0.39, 0.29) is 18.0 Å². The first-order chi connectivity index (χ1) is 16.0. The second-order valence-electron chi connectivity index (χ2n) is 8.49. The second-order valence-corrected chi connectivity index (χ2v) is 8.49. The van der Waals surface area contributed by atoms with Gasteiger partial charge in [0, 0.05) is 31.6 Å². The number of methoxy groups -OCH3 is 2. The molecular formula is C25H31N5O3. The number of nitrogens with zero attached hydrogens (tertiary/aromatic N) is 3. The Morgan fingerprint density at radius 2 is 1.55 bits per heavy atom. The predicted octanol–water partition coefficient (Wildman–Crippen LogP) is 3.87. The molecule has 8 nitrogen and oxygen atoms in total. The van der Waals surface area contributed by atoms with Crippen molar-refractivity contribution in [3.05, 3.63) is 48.0 Å². The Morgan fingerprint density at radius 1 is 0.909 bits per heavy atom. The maximum Gasteiger partial charge on any atom is 0.259 e. The minimum Gasteiger partial charge on any atom is -0.496 e. The highest BCUT2D eigenvalue weighted by Gasteiger charge is 2.26.